The molecule has 1 saturated heterocycles. The van der Waals surface area contributed by atoms with Crippen molar-refractivity contribution in [2.24, 2.45) is 0 Å². The third-order valence-corrected chi connectivity index (χ3v) is 5.02. The van der Waals surface area contributed by atoms with Gasteiger partial charge in [-0.05, 0) is 49.4 Å². The summed E-state index contributed by atoms with van der Waals surface area (Å²) in [7, 11) is 0. The van der Waals surface area contributed by atoms with Crippen molar-refractivity contribution in [1.82, 2.24) is 25.4 Å². The summed E-state index contributed by atoms with van der Waals surface area (Å²) < 4.78 is 2.14. The number of rotatable bonds is 4. The van der Waals surface area contributed by atoms with Crippen LogP contribution in [0.3, 0.4) is 0 Å². The summed E-state index contributed by atoms with van der Waals surface area (Å²) in [5.74, 6) is 2.37. The summed E-state index contributed by atoms with van der Waals surface area (Å²) >= 11 is 0. The zero-order valence-electron chi connectivity index (χ0n) is 14.2. The number of carbonyl (C=O) groups is 1. The van der Waals surface area contributed by atoms with Crippen molar-refractivity contribution < 1.29 is 4.79 Å². The Morgan fingerprint density at radius 3 is 3.08 bits per heavy atom. The van der Waals surface area contributed by atoms with Gasteiger partial charge < -0.3 is 15.2 Å². The second kappa shape index (κ2) is 7.97. The van der Waals surface area contributed by atoms with Crippen molar-refractivity contribution in [1.29, 1.82) is 0 Å². The zero-order valence-corrected chi connectivity index (χ0v) is 15.0. The van der Waals surface area contributed by atoms with Crippen LogP contribution in [0.2, 0.25) is 0 Å². The first-order valence-electron chi connectivity index (χ1n) is 8.81. The average Bonchev–Trinajstić information content (AvgIpc) is 3.30. The van der Waals surface area contributed by atoms with E-state index < -0.39 is 0 Å². The largest absolute Gasteiger partial charge is 0.345 e. The molecule has 0 radical (unpaired) electrons. The lowest BCUT2D eigenvalue weighted by Gasteiger charge is -2.15. The molecule has 1 fully saturated rings. The van der Waals surface area contributed by atoms with Gasteiger partial charge in [0, 0.05) is 25.1 Å². The van der Waals surface area contributed by atoms with Crippen LogP contribution >= 0.6 is 12.4 Å². The Balaban J connectivity index is 0.00000182. The first-order valence-corrected chi connectivity index (χ1v) is 8.81. The van der Waals surface area contributed by atoms with Crippen molar-refractivity contribution in [2.75, 3.05) is 13.1 Å². The van der Waals surface area contributed by atoms with Gasteiger partial charge in [0.25, 0.3) is 5.91 Å². The SMILES string of the molecule is Cl.O=C(NCc1nnc2n1CCCC2)c1cccc(C2CCNC2)c1. The van der Waals surface area contributed by atoms with Crippen LogP contribution in [0.25, 0.3) is 0 Å². The van der Waals surface area contributed by atoms with Gasteiger partial charge in [-0.1, -0.05) is 12.1 Å². The Morgan fingerprint density at radius 1 is 1.32 bits per heavy atom. The maximum Gasteiger partial charge on any atom is 0.251 e. The minimum Gasteiger partial charge on any atom is -0.345 e. The van der Waals surface area contributed by atoms with Gasteiger partial charge in [-0.25, -0.2) is 0 Å². The molecule has 1 amide bonds. The van der Waals surface area contributed by atoms with E-state index in [2.05, 4.69) is 31.5 Å². The molecule has 2 N–H and O–H groups in total. The van der Waals surface area contributed by atoms with E-state index in [1.54, 1.807) is 0 Å². The summed E-state index contributed by atoms with van der Waals surface area (Å²) in [5, 5.41) is 14.8. The Kier molecular flexibility index (Phi) is 5.71. The molecule has 2 aliphatic rings. The van der Waals surface area contributed by atoms with Gasteiger partial charge in [-0.3, -0.25) is 4.79 Å². The second-order valence-corrected chi connectivity index (χ2v) is 6.64. The molecule has 134 valence electrons. The number of amides is 1. The Hall–Kier alpha value is -1.92. The molecule has 1 atom stereocenters. The van der Waals surface area contributed by atoms with Gasteiger partial charge in [0.2, 0.25) is 0 Å². The summed E-state index contributed by atoms with van der Waals surface area (Å²) in [6.45, 7) is 3.44. The van der Waals surface area contributed by atoms with Crippen LogP contribution in [0.5, 0.6) is 0 Å². The molecule has 0 bridgehead atoms. The van der Waals surface area contributed by atoms with Gasteiger partial charge >= 0.3 is 0 Å². The Morgan fingerprint density at radius 2 is 2.24 bits per heavy atom. The highest BCUT2D eigenvalue weighted by Gasteiger charge is 2.19. The van der Waals surface area contributed by atoms with Crippen molar-refractivity contribution >= 4 is 18.3 Å². The van der Waals surface area contributed by atoms with E-state index >= 15 is 0 Å². The number of hydrogen-bond donors (Lipinski definition) is 2. The predicted molar refractivity (Wildman–Crippen MR) is 98.0 cm³/mol. The number of nitrogens with zero attached hydrogens (tertiary/aromatic N) is 3. The number of fused-ring (bicyclic) bond motifs is 1. The maximum absolute atomic E-state index is 12.5. The van der Waals surface area contributed by atoms with E-state index in [1.165, 1.54) is 12.0 Å². The minimum absolute atomic E-state index is 0. The predicted octanol–water partition coefficient (Wildman–Crippen LogP) is 2.04. The van der Waals surface area contributed by atoms with Gasteiger partial charge in [0.05, 0.1) is 6.54 Å². The highest BCUT2D eigenvalue weighted by Crippen LogP contribution is 2.23. The van der Waals surface area contributed by atoms with Gasteiger partial charge in [0.15, 0.2) is 5.82 Å². The van der Waals surface area contributed by atoms with E-state index in [9.17, 15) is 4.79 Å². The van der Waals surface area contributed by atoms with Crippen molar-refractivity contribution in [3.05, 3.63) is 47.0 Å². The lowest BCUT2D eigenvalue weighted by Crippen LogP contribution is -2.25. The molecule has 1 unspecified atom stereocenters. The van der Waals surface area contributed by atoms with Crippen LogP contribution in [-0.4, -0.2) is 33.8 Å². The van der Waals surface area contributed by atoms with Gasteiger partial charge in [-0.2, -0.15) is 0 Å². The molecule has 6 nitrogen and oxygen atoms in total. The first kappa shape index (κ1) is 17.9. The average molecular weight is 362 g/mol. The third kappa shape index (κ3) is 3.85. The number of carbonyl (C=O) groups excluding carboxylic acids is 1. The third-order valence-electron chi connectivity index (χ3n) is 5.02. The molecule has 7 heteroatoms. The highest BCUT2D eigenvalue weighted by atomic mass is 35.5. The van der Waals surface area contributed by atoms with Crippen LogP contribution in [0, 0.1) is 0 Å². The topological polar surface area (TPSA) is 71.8 Å². The maximum atomic E-state index is 12.5. The molecule has 0 aliphatic carbocycles. The van der Waals surface area contributed by atoms with E-state index in [0.29, 0.717) is 12.5 Å². The Bertz CT molecular complexity index is 739. The van der Waals surface area contributed by atoms with Crippen LogP contribution < -0.4 is 10.6 Å². The normalized spacial score (nSPS) is 19.1. The fraction of sp³-hybridized carbons (Fsp3) is 0.500. The van der Waals surface area contributed by atoms with E-state index in [0.717, 1.165) is 56.1 Å². The molecule has 3 heterocycles. The molecule has 2 aromatic rings. The second-order valence-electron chi connectivity index (χ2n) is 6.64. The summed E-state index contributed by atoms with van der Waals surface area (Å²) in [6, 6.07) is 7.98. The summed E-state index contributed by atoms with van der Waals surface area (Å²) in [6.07, 6.45) is 4.45. The number of hydrogen-bond acceptors (Lipinski definition) is 4. The van der Waals surface area contributed by atoms with Crippen LogP contribution in [0.15, 0.2) is 24.3 Å². The molecule has 0 spiro atoms. The van der Waals surface area contributed by atoms with E-state index in [4.69, 9.17) is 0 Å². The minimum atomic E-state index is -0.0454. The lowest BCUT2D eigenvalue weighted by molar-refractivity contribution is 0.0949. The zero-order chi connectivity index (χ0) is 16.4. The van der Waals surface area contributed by atoms with E-state index in [-0.39, 0.29) is 18.3 Å². The first-order chi connectivity index (χ1) is 11.8. The number of nitrogens with one attached hydrogen (secondary N) is 2. The molecule has 1 aromatic carbocycles. The molecule has 0 saturated carbocycles. The smallest absolute Gasteiger partial charge is 0.251 e. The molecule has 4 rings (SSSR count). The van der Waals surface area contributed by atoms with E-state index in [1.807, 2.05) is 18.2 Å². The highest BCUT2D eigenvalue weighted by molar-refractivity contribution is 5.94. The number of aromatic nitrogens is 3. The fourth-order valence-electron chi connectivity index (χ4n) is 3.63. The standard InChI is InChI=1S/C18H23N5O.ClH/c24-18(14-5-3-4-13(10-14)15-7-8-19-11-15)20-12-17-22-21-16-6-1-2-9-23(16)17;/h3-5,10,15,19H,1-2,6-9,11-12H2,(H,20,24);1H. The number of benzene rings is 1. The van der Waals surface area contributed by atoms with Gasteiger partial charge in [0.1, 0.15) is 5.82 Å². The summed E-state index contributed by atoms with van der Waals surface area (Å²) in [5.41, 5.74) is 1.96. The van der Waals surface area contributed by atoms with Crippen LogP contribution in [0.4, 0.5) is 0 Å². The molecule has 25 heavy (non-hydrogen) atoms. The van der Waals surface area contributed by atoms with Crippen LogP contribution in [0.1, 0.15) is 52.8 Å². The fourth-order valence-corrected chi connectivity index (χ4v) is 3.63. The quantitative estimate of drug-likeness (QED) is 0.874. The molecule has 2 aliphatic heterocycles. The van der Waals surface area contributed by atoms with Crippen molar-refractivity contribution in [2.45, 2.75) is 44.7 Å². The van der Waals surface area contributed by atoms with Crippen molar-refractivity contribution in [3.8, 4) is 0 Å². The summed E-state index contributed by atoms with van der Waals surface area (Å²) in [4.78, 5) is 12.5. The molecular weight excluding hydrogens is 338 g/mol. The molecular formula is C18H24ClN5O. The van der Waals surface area contributed by atoms with Crippen LogP contribution in [-0.2, 0) is 19.5 Å². The lowest BCUT2D eigenvalue weighted by atomic mass is 9.96. The molecule has 1 aromatic heterocycles. The van der Waals surface area contributed by atoms with Crippen molar-refractivity contribution in [3.63, 3.8) is 0 Å². The Labute approximate surface area is 153 Å². The monoisotopic (exact) mass is 361 g/mol. The number of aryl methyl sites for hydroxylation is 1. The van der Waals surface area contributed by atoms with Gasteiger partial charge in [-0.15, -0.1) is 22.6 Å². The number of halogens is 1.